The van der Waals surface area contributed by atoms with Crippen LogP contribution in [0.2, 0.25) is 0 Å². The largest absolute Gasteiger partial charge is 0.301 e. The molecule has 2 atom stereocenters. The van der Waals surface area contributed by atoms with Crippen molar-refractivity contribution in [2.45, 2.75) is 25.8 Å². The highest BCUT2D eigenvalue weighted by atomic mass is 32.2. The molecule has 2 nitrogen and oxygen atoms in total. The standard InChI is InChI=1S/C10H18N2S/c1-9(6-11)7-12(2)10-4-3-5-13-8-10/h9-10H,3-5,7-8H2,1-2H3. The van der Waals surface area contributed by atoms with E-state index in [0.717, 1.165) is 6.54 Å². The molecule has 13 heavy (non-hydrogen) atoms. The van der Waals surface area contributed by atoms with Crippen LogP contribution in [0.3, 0.4) is 0 Å². The summed E-state index contributed by atoms with van der Waals surface area (Å²) in [6, 6.07) is 2.99. The van der Waals surface area contributed by atoms with Crippen molar-refractivity contribution >= 4 is 11.8 Å². The summed E-state index contributed by atoms with van der Waals surface area (Å²) >= 11 is 2.04. The van der Waals surface area contributed by atoms with E-state index in [1.54, 1.807) is 0 Å². The number of rotatable bonds is 3. The molecule has 2 unspecified atom stereocenters. The molecule has 1 fully saturated rings. The first-order chi connectivity index (χ1) is 6.24. The number of hydrogen-bond acceptors (Lipinski definition) is 3. The molecule has 1 aliphatic rings. The third-order valence-corrected chi connectivity index (χ3v) is 3.74. The quantitative estimate of drug-likeness (QED) is 0.694. The first-order valence-corrected chi connectivity index (χ1v) is 6.07. The van der Waals surface area contributed by atoms with Gasteiger partial charge in [-0.2, -0.15) is 17.0 Å². The minimum Gasteiger partial charge on any atom is -0.301 e. The maximum atomic E-state index is 8.70. The maximum Gasteiger partial charge on any atom is 0.0666 e. The van der Waals surface area contributed by atoms with Crippen molar-refractivity contribution < 1.29 is 0 Å². The van der Waals surface area contributed by atoms with E-state index in [1.807, 2.05) is 18.7 Å². The Morgan fingerprint density at radius 2 is 2.46 bits per heavy atom. The van der Waals surface area contributed by atoms with Crippen LogP contribution in [0.4, 0.5) is 0 Å². The second-order valence-corrected chi connectivity index (χ2v) is 4.99. The normalized spacial score (nSPS) is 25.5. The molecule has 1 heterocycles. The van der Waals surface area contributed by atoms with E-state index in [-0.39, 0.29) is 5.92 Å². The summed E-state index contributed by atoms with van der Waals surface area (Å²) in [6.07, 6.45) is 2.64. The van der Waals surface area contributed by atoms with Gasteiger partial charge in [-0.1, -0.05) is 0 Å². The van der Waals surface area contributed by atoms with Gasteiger partial charge in [0.1, 0.15) is 0 Å². The van der Waals surface area contributed by atoms with E-state index in [4.69, 9.17) is 5.26 Å². The summed E-state index contributed by atoms with van der Waals surface area (Å²) in [6.45, 7) is 2.91. The predicted octanol–water partition coefficient (Wildman–Crippen LogP) is 1.97. The Hall–Kier alpha value is -0.200. The summed E-state index contributed by atoms with van der Waals surface area (Å²) in [5, 5.41) is 8.70. The van der Waals surface area contributed by atoms with Gasteiger partial charge in [-0.15, -0.1) is 0 Å². The van der Waals surface area contributed by atoms with Crippen molar-refractivity contribution in [3.63, 3.8) is 0 Å². The van der Waals surface area contributed by atoms with Crippen LogP contribution in [0.1, 0.15) is 19.8 Å². The Balaban J connectivity index is 2.29. The molecule has 74 valence electrons. The summed E-state index contributed by atoms with van der Waals surface area (Å²) in [7, 11) is 2.14. The second-order valence-electron chi connectivity index (χ2n) is 3.84. The van der Waals surface area contributed by atoms with Gasteiger partial charge in [0.25, 0.3) is 0 Å². The topological polar surface area (TPSA) is 27.0 Å². The molecule has 0 bridgehead atoms. The molecule has 0 amide bonds. The molecule has 1 saturated heterocycles. The van der Waals surface area contributed by atoms with Gasteiger partial charge in [0, 0.05) is 18.3 Å². The molecule has 0 aliphatic carbocycles. The van der Waals surface area contributed by atoms with Gasteiger partial charge < -0.3 is 4.90 Å². The van der Waals surface area contributed by atoms with E-state index < -0.39 is 0 Å². The van der Waals surface area contributed by atoms with Crippen molar-refractivity contribution in [3.8, 4) is 6.07 Å². The van der Waals surface area contributed by atoms with Crippen LogP contribution >= 0.6 is 11.8 Å². The third kappa shape index (κ3) is 3.58. The molecule has 0 aromatic heterocycles. The molecular weight excluding hydrogens is 180 g/mol. The van der Waals surface area contributed by atoms with E-state index in [2.05, 4.69) is 18.0 Å². The van der Waals surface area contributed by atoms with Crippen molar-refractivity contribution in [2.75, 3.05) is 25.1 Å². The highest BCUT2D eigenvalue weighted by molar-refractivity contribution is 7.99. The van der Waals surface area contributed by atoms with Crippen LogP contribution < -0.4 is 0 Å². The predicted molar refractivity (Wildman–Crippen MR) is 57.8 cm³/mol. The average Bonchev–Trinajstić information content (AvgIpc) is 2.19. The Bertz CT molecular complexity index is 182. The van der Waals surface area contributed by atoms with E-state index >= 15 is 0 Å². The van der Waals surface area contributed by atoms with Crippen LogP contribution in [0.15, 0.2) is 0 Å². The maximum absolute atomic E-state index is 8.70. The van der Waals surface area contributed by atoms with Crippen LogP contribution in [0.25, 0.3) is 0 Å². The molecule has 0 aromatic carbocycles. The molecular formula is C10H18N2S. The summed E-state index contributed by atoms with van der Waals surface area (Å²) in [4.78, 5) is 2.35. The van der Waals surface area contributed by atoms with Gasteiger partial charge in [0.2, 0.25) is 0 Å². The first kappa shape index (κ1) is 10.9. The monoisotopic (exact) mass is 198 g/mol. The molecule has 0 spiro atoms. The highest BCUT2D eigenvalue weighted by Gasteiger charge is 2.19. The van der Waals surface area contributed by atoms with Gasteiger partial charge in [-0.3, -0.25) is 0 Å². The van der Waals surface area contributed by atoms with Gasteiger partial charge in [-0.25, -0.2) is 0 Å². The van der Waals surface area contributed by atoms with Crippen LogP contribution in [-0.2, 0) is 0 Å². The number of nitrogens with zero attached hydrogens (tertiary/aromatic N) is 2. The van der Waals surface area contributed by atoms with Gasteiger partial charge >= 0.3 is 0 Å². The number of hydrogen-bond donors (Lipinski definition) is 0. The van der Waals surface area contributed by atoms with E-state index in [9.17, 15) is 0 Å². The molecule has 0 N–H and O–H groups in total. The zero-order chi connectivity index (χ0) is 9.68. The lowest BCUT2D eigenvalue weighted by atomic mass is 10.1. The van der Waals surface area contributed by atoms with E-state index in [1.165, 1.54) is 24.3 Å². The molecule has 0 radical (unpaired) electrons. The van der Waals surface area contributed by atoms with Crippen LogP contribution in [0.5, 0.6) is 0 Å². The number of nitriles is 1. The minimum absolute atomic E-state index is 0.164. The lowest BCUT2D eigenvalue weighted by Crippen LogP contribution is -2.38. The van der Waals surface area contributed by atoms with Gasteiger partial charge in [0.05, 0.1) is 12.0 Å². The summed E-state index contributed by atoms with van der Waals surface area (Å²) in [5.74, 6) is 2.73. The Morgan fingerprint density at radius 3 is 3.00 bits per heavy atom. The molecule has 0 saturated carbocycles. The van der Waals surface area contributed by atoms with Crippen molar-refractivity contribution in [3.05, 3.63) is 0 Å². The summed E-state index contributed by atoms with van der Waals surface area (Å²) in [5.41, 5.74) is 0. The molecule has 1 aliphatic heterocycles. The van der Waals surface area contributed by atoms with Gasteiger partial charge in [-0.05, 0) is 32.6 Å². The zero-order valence-corrected chi connectivity index (χ0v) is 9.31. The third-order valence-electron chi connectivity index (χ3n) is 2.54. The van der Waals surface area contributed by atoms with Crippen molar-refractivity contribution in [1.82, 2.24) is 4.90 Å². The fourth-order valence-corrected chi connectivity index (χ4v) is 2.92. The smallest absolute Gasteiger partial charge is 0.0666 e. The zero-order valence-electron chi connectivity index (χ0n) is 8.49. The Labute approximate surface area is 85.3 Å². The highest BCUT2D eigenvalue weighted by Crippen LogP contribution is 2.21. The number of thioether (sulfide) groups is 1. The van der Waals surface area contributed by atoms with Gasteiger partial charge in [0.15, 0.2) is 0 Å². The molecule has 3 heteroatoms. The Kier molecular flexibility index (Phi) is 4.61. The van der Waals surface area contributed by atoms with E-state index in [0.29, 0.717) is 6.04 Å². The van der Waals surface area contributed by atoms with Crippen LogP contribution in [0, 0.1) is 17.2 Å². The fourth-order valence-electron chi connectivity index (χ4n) is 1.69. The first-order valence-electron chi connectivity index (χ1n) is 4.91. The Morgan fingerprint density at radius 1 is 1.69 bits per heavy atom. The molecule has 0 aromatic rings. The SMILES string of the molecule is CC(C#N)CN(C)C1CCCSC1. The lowest BCUT2D eigenvalue weighted by molar-refractivity contribution is 0.230. The average molecular weight is 198 g/mol. The molecule has 1 rings (SSSR count). The van der Waals surface area contributed by atoms with Crippen molar-refractivity contribution in [2.24, 2.45) is 5.92 Å². The fraction of sp³-hybridized carbons (Fsp3) is 0.900. The van der Waals surface area contributed by atoms with Crippen molar-refractivity contribution in [1.29, 1.82) is 5.26 Å². The minimum atomic E-state index is 0.164. The summed E-state index contributed by atoms with van der Waals surface area (Å²) < 4.78 is 0. The lowest BCUT2D eigenvalue weighted by Gasteiger charge is -2.31. The van der Waals surface area contributed by atoms with Crippen LogP contribution in [-0.4, -0.2) is 36.0 Å². The second kappa shape index (κ2) is 5.51.